The first-order valence-electron chi connectivity index (χ1n) is 5.80. The Hall–Kier alpha value is -2.14. The average molecular weight is 244 g/mol. The molecular formula is C13H16N4O. The highest BCUT2D eigenvalue weighted by Crippen LogP contribution is 2.16. The third kappa shape index (κ3) is 2.95. The third-order valence-electron chi connectivity index (χ3n) is 2.75. The second-order valence-electron chi connectivity index (χ2n) is 4.17. The van der Waals surface area contributed by atoms with Crippen molar-refractivity contribution in [2.75, 3.05) is 0 Å². The number of amides is 1. The van der Waals surface area contributed by atoms with Crippen LogP contribution >= 0.6 is 0 Å². The van der Waals surface area contributed by atoms with Gasteiger partial charge in [-0.1, -0.05) is 18.2 Å². The number of carbonyl (C=O) groups excluding carboxylic acids is 1. The van der Waals surface area contributed by atoms with E-state index in [0.717, 1.165) is 11.3 Å². The minimum absolute atomic E-state index is 0.213. The van der Waals surface area contributed by atoms with E-state index in [0.29, 0.717) is 6.42 Å². The Morgan fingerprint density at radius 2 is 2.06 bits per heavy atom. The van der Waals surface area contributed by atoms with Crippen LogP contribution in [0.15, 0.2) is 42.7 Å². The van der Waals surface area contributed by atoms with Crippen LogP contribution in [0.2, 0.25) is 0 Å². The molecular weight excluding hydrogens is 228 g/mol. The van der Waals surface area contributed by atoms with Crippen LogP contribution in [-0.2, 0) is 4.79 Å². The molecule has 0 saturated heterocycles. The quantitative estimate of drug-likeness (QED) is 0.826. The summed E-state index contributed by atoms with van der Waals surface area (Å²) >= 11 is 0. The van der Waals surface area contributed by atoms with Crippen LogP contribution < -0.4 is 11.5 Å². The van der Waals surface area contributed by atoms with Crippen LogP contribution in [0.5, 0.6) is 0 Å². The van der Waals surface area contributed by atoms with Crippen molar-refractivity contribution >= 4 is 5.91 Å². The van der Waals surface area contributed by atoms with Crippen LogP contribution in [0, 0.1) is 0 Å². The van der Waals surface area contributed by atoms with Gasteiger partial charge in [0.25, 0.3) is 0 Å². The first-order valence-corrected chi connectivity index (χ1v) is 5.80. The van der Waals surface area contributed by atoms with Gasteiger partial charge in [-0.2, -0.15) is 5.10 Å². The van der Waals surface area contributed by atoms with Crippen LogP contribution in [0.3, 0.4) is 0 Å². The Balaban J connectivity index is 2.08. The van der Waals surface area contributed by atoms with Crippen molar-refractivity contribution in [1.29, 1.82) is 0 Å². The monoisotopic (exact) mass is 244 g/mol. The maximum absolute atomic E-state index is 10.7. The zero-order valence-corrected chi connectivity index (χ0v) is 9.99. The highest BCUT2D eigenvalue weighted by molar-refractivity contribution is 5.73. The van der Waals surface area contributed by atoms with E-state index in [1.54, 1.807) is 10.9 Å². The second-order valence-corrected chi connectivity index (χ2v) is 4.17. The molecule has 2 aromatic rings. The molecule has 0 aliphatic rings. The molecule has 0 fully saturated rings. The lowest BCUT2D eigenvalue weighted by Gasteiger charge is -2.07. The molecule has 0 aliphatic carbocycles. The number of hydrogen-bond donors (Lipinski definition) is 2. The maximum Gasteiger partial charge on any atom is 0.217 e. The molecule has 1 atom stereocenters. The number of nitrogens with two attached hydrogens (primary N) is 2. The molecule has 0 aliphatic heterocycles. The van der Waals surface area contributed by atoms with E-state index in [9.17, 15) is 4.79 Å². The minimum Gasteiger partial charge on any atom is -0.370 e. The summed E-state index contributed by atoms with van der Waals surface area (Å²) in [5, 5.41) is 4.26. The number of nitrogens with zero attached hydrogens (tertiary/aromatic N) is 2. The van der Waals surface area contributed by atoms with Crippen LogP contribution in [0.1, 0.15) is 24.4 Å². The SMILES string of the molecule is NC(=O)CCC(N)c1cnn(-c2ccccc2)c1. The second kappa shape index (κ2) is 5.46. The Kier molecular flexibility index (Phi) is 3.74. The fourth-order valence-electron chi connectivity index (χ4n) is 1.71. The van der Waals surface area contributed by atoms with Gasteiger partial charge >= 0.3 is 0 Å². The molecule has 1 heterocycles. The molecule has 4 N–H and O–H groups in total. The zero-order chi connectivity index (χ0) is 13.0. The van der Waals surface area contributed by atoms with E-state index in [1.165, 1.54) is 0 Å². The van der Waals surface area contributed by atoms with Crippen molar-refractivity contribution in [3.63, 3.8) is 0 Å². The van der Waals surface area contributed by atoms with Gasteiger partial charge in [-0.05, 0) is 18.6 Å². The average Bonchev–Trinajstić information content (AvgIpc) is 2.86. The van der Waals surface area contributed by atoms with Gasteiger partial charge in [0.1, 0.15) is 0 Å². The summed E-state index contributed by atoms with van der Waals surface area (Å²) in [5.74, 6) is -0.332. The van der Waals surface area contributed by atoms with Crippen molar-refractivity contribution in [1.82, 2.24) is 9.78 Å². The number of carbonyl (C=O) groups is 1. The molecule has 0 spiro atoms. The summed E-state index contributed by atoms with van der Waals surface area (Å²) in [6.45, 7) is 0. The van der Waals surface area contributed by atoms with Crippen LogP contribution in [0.4, 0.5) is 0 Å². The van der Waals surface area contributed by atoms with Gasteiger partial charge in [0.2, 0.25) is 5.91 Å². The fraction of sp³-hybridized carbons (Fsp3) is 0.231. The smallest absolute Gasteiger partial charge is 0.217 e. The van der Waals surface area contributed by atoms with E-state index in [4.69, 9.17) is 11.5 Å². The predicted molar refractivity (Wildman–Crippen MR) is 68.9 cm³/mol. The van der Waals surface area contributed by atoms with E-state index in [2.05, 4.69) is 5.10 Å². The highest BCUT2D eigenvalue weighted by Gasteiger charge is 2.10. The van der Waals surface area contributed by atoms with Crippen molar-refractivity contribution in [2.45, 2.75) is 18.9 Å². The van der Waals surface area contributed by atoms with Crippen molar-refractivity contribution in [3.05, 3.63) is 48.3 Å². The van der Waals surface area contributed by atoms with E-state index < -0.39 is 0 Å². The molecule has 0 bridgehead atoms. The molecule has 2 rings (SSSR count). The van der Waals surface area contributed by atoms with Crippen molar-refractivity contribution in [2.24, 2.45) is 11.5 Å². The van der Waals surface area contributed by atoms with Gasteiger partial charge in [-0.15, -0.1) is 0 Å². The first-order chi connectivity index (χ1) is 8.66. The van der Waals surface area contributed by atoms with Gasteiger partial charge < -0.3 is 11.5 Å². The largest absolute Gasteiger partial charge is 0.370 e. The molecule has 5 nitrogen and oxygen atoms in total. The zero-order valence-electron chi connectivity index (χ0n) is 9.99. The topological polar surface area (TPSA) is 86.9 Å². The summed E-state index contributed by atoms with van der Waals surface area (Å²) < 4.78 is 1.76. The highest BCUT2D eigenvalue weighted by atomic mass is 16.1. The molecule has 94 valence electrons. The minimum atomic E-state index is -0.332. The van der Waals surface area contributed by atoms with Crippen LogP contribution in [-0.4, -0.2) is 15.7 Å². The van der Waals surface area contributed by atoms with Crippen molar-refractivity contribution < 1.29 is 4.79 Å². The summed E-state index contributed by atoms with van der Waals surface area (Å²) in [6.07, 6.45) is 4.42. The summed E-state index contributed by atoms with van der Waals surface area (Å²) in [4.78, 5) is 10.7. The molecule has 5 heteroatoms. The predicted octanol–water partition coefficient (Wildman–Crippen LogP) is 1.14. The lowest BCUT2D eigenvalue weighted by Crippen LogP contribution is -2.16. The standard InChI is InChI=1S/C13H16N4O/c14-12(6-7-13(15)18)10-8-16-17(9-10)11-4-2-1-3-5-11/h1-5,8-9,12H,6-7,14H2,(H2,15,18). The van der Waals surface area contributed by atoms with Gasteiger partial charge in [0, 0.05) is 24.2 Å². The Labute approximate surface area is 105 Å². The molecule has 1 aromatic carbocycles. The van der Waals surface area contributed by atoms with E-state index >= 15 is 0 Å². The number of benzene rings is 1. The number of hydrogen-bond acceptors (Lipinski definition) is 3. The Bertz CT molecular complexity index is 521. The number of para-hydroxylation sites is 1. The lowest BCUT2D eigenvalue weighted by atomic mass is 10.1. The van der Waals surface area contributed by atoms with Gasteiger partial charge in [-0.25, -0.2) is 4.68 Å². The van der Waals surface area contributed by atoms with E-state index in [-0.39, 0.29) is 18.4 Å². The summed E-state index contributed by atoms with van der Waals surface area (Å²) in [5.41, 5.74) is 13.0. The fourth-order valence-corrected chi connectivity index (χ4v) is 1.71. The first kappa shape index (κ1) is 12.3. The van der Waals surface area contributed by atoms with Crippen molar-refractivity contribution in [3.8, 4) is 5.69 Å². The number of primary amides is 1. The molecule has 0 radical (unpaired) electrons. The Morgan fingerprint density at radius 1 is 1.33 bits per heavy atom. The van der Waals surface area contributed by atoms with Gasteiger partial charge in [0.05, 0.1) is 11.9 Å². The molecule has 1 unspecified atom stereocenters. The number of rotatable bonds is 5. The Morgan fingerprint density at radius 3 is 2.72 bits per heavy atom. The van der Waals surface area contributed by atoms with Crippen LogP contribution in [0.25, 0.3) is 5.69 Å². The molecule has 18 heavy (non-hydrogen) atoms. The van der Waals surface area contributed by atoms with E-state index in [1.807, 2.05) is 36.5 Å². The van der Waals surface area contributed by atoms with Gasteiger partial charge in [-0.3, -0.25) is 4.79 Å². The third-order valence-corrected chi connectivity index (χ3v) is 2.75. The maximum atomic E-state index is 10.7. The normalized spacial score (nSPS) is 12.3. The molecule has 1 amide bonds. The summed E-state index contributed by atoms with van der Waals surface area (Å²) in [7, 11) is 0. The lowest BCUT2D eigenvalue weighted by molar-refractivity contribution is -0.118. The summed E-state index contributed by atoms with van der Waals surface area (Å²) in [6, 6.07) is 9.56. The molecule has 0 saturated carbocycles. The molecule has 1 aromatic heterocycles. The van der Waals surface area contributed by atoms with Gasteiger partial charge in [0.15, 0.2) is 0 Å². The number of aromatic nitrogens is 2.